The van der Waals surface area contributed by atoms with Crippen molar-refractivity contribution in [3.05, 3.63) is 28.5 Å². The van der Waals surface area contributed by atoms with Crippen molar-refractivity contribution in [2.24, 2.45) is 0 Å². The number of halogens is 4. The van der Waals surface area contributed by atoms with Crippen molar-refractivity contribution in [1.29, 1.82) is 0 Å². The highest BCUT2D eigenvalue weighted by molar-refractivity contribution is 9.10. The van der Waals surface area contributed by atoms with E-state index in [-0.39, 0.29) is 5.56 Å². The van der Waals surface area contributed by atoms with E-state index in [4.69, 9.17) is 0 Å². The van der Waals surface area contributed by atoms with Gasteiger partial charge < -0.3 is 0 Å². The summed E-state index contributed by atoms with van der Waals surface area (Å²) in [6.07, 6.45) is -3.87. The van der Waals surface area contributed by atoms with E-state index >= 15 is 0 Å². The van der Waals surface area contributed by atoms with Crippen LogP contribution in [0.1, 0.15) is 5.56 Å². The third-order valence-electron chi connectivity index (χ3n) is 1.19. The van der Waals surface area contributed by atoms with Crippen LogP contribution in [-0.2, 0) is 6.42 Å². The predicted octanol–water partition coefficient (Wildman–Crippen LogP) is 2.95. The average Bonchev–Trinajstić information content (AvgIpc) is 1.91. The quantitative estimate of drug-likeness (QED) is 0.687. The molecule has 66 valence electrons. The molecule has 0 aliphatic heterocycles. The first kappa shape index (κ1) is 9.51. The molecule has 1 aromatic rings. The zero-order chi connectivity index (χ0) is 9.19. The highest BCUT2D eigenvalue weighted by Gasteiger charge is 2.27. The van der Waals surface area contributed by atoms with Crippen LogP contribution in [0.2, 0.25) is 0 Å². The fraction of sp³-hybridized carbons (Fsp3) is 0.286. The van der Waals surface area contributed by atoms with E-state index in [1.54, 1.807) is 0 Å². The summed E-state index contributed by atoms with van der Waals surface area (Å²) in [5, 5.41) is 0. The van der Waals surface area contributed by atoms with E-state index in [0.717, 1.165) is 0 Å². The molecule has 0 aliphatic rings. The van der Waals surface area contributed by atoms with Gasteiger partial charge in [0.05, 0.1) is 6.42 Å². The van der Waals surface area contributed by atoms with Crippen LogP contribution < -0.4 is 0 Å². The van der Waals surface area contributed by atoms with Crippen molar-refractivity contribution in [1.82, 2.24) is 4.98 Å². The minimum Gasteiger partial charge on any atom is -0.249 e. The fourth-order valence-corrected chi connectivity index (χ4v) is 0.977. The summed E-state index contributed by atoms with van der Waals surface area (Å²) >= 11 is 3.03. The van der Waals surface area contributed by atoms with Crippen molar-refractivity contribution in [3.8, 4) is 0 Å². The first-order valence-electron chi connectivity index (χ1n) is 3.14. The van der Waals surface area contributed by atoms with Gasteiger partial charge in [0, 0.05) is 6.20 Å². The second-order valence-corrected chi connectivity index (χ2v) is 3.09. The van der Waals surface area contributed by atoms with Gasteiger partial charge in [-0.05, 0) is 27.6 Å². The van der Waals surface area contributed by atoms with Gasteiger partial charge in [-0.3, -0.25) is 0 Å². The van der Waals surface area contributed by atoms with E-state index in [1.165, 1.54) is 18.3 Å². The molecule has 0 unspecified atom stereocenters. The Labute approximate surface area is 75.7 Å². The summed E-state index contributed by atoms with van der Waals surface area (Å²) < 4.78 is 35.9. The molecular weight excluding hydrogens is 235 g/mol. The Bertz CT molecular complexity index is 254. The smallest absolute Gasteiger partial charge is 0.249 e. The number of pyridine rings is 1. The van der Waals surface area contributed by atoms with Crippen molar-refractivity contribution in [3.63, 3.8) is 0 Å². The predicted molar refractivity (Wildman–Crippen MR) is 41.7 cm³/mol. The SMILES string of the molecule is FC(F)(F)Cc1ccc(Br)nc1. The maximum atomic E-state index is 11.8. The summed E-state index contributed by atoms with van der Waals surface area (Å²) in [4.78, 5) is 3.68. The number of rotatable bonds is 1. The summed E-state index contributed by atoms with van der Waals surface area (Å²) in [6, 6.07) is 2.88. The van der Waals surface area contributed by atoms with Crippen LogP contribution in [0.5, 0.6) is 0 Å². The van der Waals surface area contributed by atoms with Crippen molar-refractivity contribution < 1.29 is 13.2 Å². The van der Waals surface area contributed by atoms with Crippen molar-refractivity contribution in [2.75, 3.05) is 0 Å². The number of nitrogens with zero attached hydrogens (tertiary/aromatic N) is 1. The normalized spacial score (nSPS) is 11.7. The van der Waals surface area contributed by atoms with Crippen LogP contribution in [0.15, 0.2) is 22.9 Å². The van der Waals surface area contributed by atoms with E-state index in [2.05, 4.69) is 20.9 Å². The molecule has 0 aromatic carbocycles. The molecule has 12 heavy (non-hydrogen) atoms. The first-order chi connectivity index (χ1) is 5.47. The van der Waals surface area contributed by atoms with Gasteiger partial charge >= 0.3 is 6.18 Å². The Morgan fingerprint density at radius 1 is 1.33 bits per heavy atom. The standard InChI is InChI=1S/C7H5BrF3N/c8-6-2-1-5(4-12-6)3-7(9,10)11/h1-2,4H,3H2. The van der Waals surface area contributed by atoms with Gasteiger partial charge in [-0.15, -0.1) is 0 Å². The number of hydrogen-bond acceptors (Lipinski definition) is 1. The minimum atomic E-state index is -4.16. The molecule has 1 rings (SSSR count). The third-order valence-corrected chi connectivity index (χ3v) is 1.66. The molecule has 0 amide bonds. The Morgan fingerprint density at radius 2 is 2.00 bits per heavy atom. The van der Waals surface area contributed by atoms with Crippen LogP contribution in [0.4, 0.5) is 13.2 Å². The molecule has 1 aromatic heterocycles. The lowest BCUT2D eigenvalue weighted by molar-refractivity contribution is -0.127. The second kappa shape index (κ2) is 3.43. The van der Waals surface area contributed by atoms with Gasteiger partial charge in [0.15, 0.2) is 0 Å². The largest absolute Gasteiger partial charge is 0.393 e. The van der Waals surface area contributed by atoms with Crippen LogP contribution in [0.25, 0.3) is 0 Å². The van der Waals surface area contributed by atoms with Gasteiger partial charge in [-0.25, -0.2) is 4.98 Å². The Balaban J connectivity index is 2.71. The van der Waals surface area contributed by atoms with E-state index in [9.17, 15) is 13.2 Å². The molecule has 1 heterocycles. The molecule has 0 spiro atoms. The van der Waals surface area contributed by atoms with Gasteiger partial charge in [0.2, 0.25) is 0 Å². The van der Waals surface area contributed by atoms with Gasteiger partial charge in [-0.2, -0.15) is 13.2 Å². The van der Waals surface area contributed by atoms with E-state index in [1.807, 2.05) is 0 Å². The fourth-order valence-electron chi connectivity index (χ4n) is 0.742. The molecule has 1 nitrogen and oxygen atoms in total. The lowest BCUT2D eigenvalue weighted by atomic mass is 10.2. The number of aromatic nitrogens is 1. The highest BCUT2D eigenvalue weighted by atomic mass is 79.9. The molecule has 0 atom stereocenters. The average molecular weight is 240 g/mol. The van der Waals surface area contributed by atoms with E-state index in [0.29, 0.717) is 4.60 Å². The zero-order valence-electron chi connectivity index (χ0n) is 5.90. The van der Waals surface area contributed by atoms with Crippen LogP contribution >= 0.6 is 15.9 Å². The number of alkyl halides is 3. The van der Waals surface area contributed by atoms with Crippen LogP contribution in [0.3, 0.4) is 0 Å². The molecule has 0 radical (unpaired) electrons. The van der Waals surface area contributed by atoms with Crippen molar-refractivity contribution >= 4 is 15.9 Å². The minimum absolute atomic E-state index is 0.172. The molecule has 0 fully saturated rings. The molecule has 0 saturated heterocycles. The monoisotopic (exact) mass is 239 g/mol. The molecule has 0 bridgehead atoms. The van der Waals surface area contributed by atoms with Crippen LogP contribution in [-0.4, -0.2) is 11.2 Å². The molecule has 0 N–H and O–H groups in total. The van der Waals surface area contributed by atoms with Crippen LogP contribution in [0, 0.1) is 0 Å². The second-order valence-electron chi connectivity index (χ2n) is 2.28. The topological polar surface area (TPSA) is 12.9 Å². The summed E-state index contributed by atoms with van der Waals surface area (Å²) in [7, 11) is 0. The summed E-state index contributed by atoms with van der Waals surface area (Å²) in [5.74, 6) is 0. The molecular formula is C7H5BrF3N. The third kappa shape index (κ3) is 3.21. The first-order valence-corrected chi connectivity index (χ1v) is 3.94. The lowest BCUT2D eigenvalue weighted by Crippen LogP contribution is -2.11. The van der Waals surface area contributed by atoms with Crippen molar-refractivity contribution in [2.45, 2.75) is 12.6 Å². The highest BCUT2D eigenvalue weighted by Crippen LogP contribution is 2.21. The molecule has 0 saturated carbocycles. The molecule has 5 heteroatoms. The Kier molecular flexibility index (Phi) is 2.72. The molecule has 0 aliphatic carbocycles. The lowest BCUT2D eigenvalue weighted by Gasteiger charge is -2.04. The maximum Gasteiger partial charge on any atom is 0.393 e. The van der Waals surface area contributed by atoms with Gasteiger partial charge in [0.1, 0.15) is 4.60 Å². The maximum absolute atomic E-state index is 11.8. The Morgan fingerprint density at radius 3 is 2.42 bits per heavy atom. The Hall–Kier alpha value is -0.580. The number of hydrogen-bond donors (Lipinski definition) is 0. The van der Waals surface area contributed by atoms with Gasteiger partial charge in [0.25, 0.3) is 0 Å². The van der Waals surface area contributed by atoms with E-state index < -0.39 is 12.6 Å². The zero-order valence-corrected chi connectivity index (χ0v) is 7.48. The summed E-state index contributed by atoms with van der Waals surface area (Å²) in [6.45, 7) is 0. The summed E-state index contributed by atoms with van der Waals surface area (Å²) in [5.41, 5.74) is 0.172. The van der Waals surface area contributed by atoms with Gasteiger partial charge in [-0.1, -0.05) is 6.07 Å².